The van der Waals surface area contributed by atoms with Crippen LogP contribution >= 0.6 is 22.6 Å². The van der Waals surface area contributed by atoms with Crippen molar-refractivity contribution in [3.05, 3.63) is 71.3 Å². The van der Waals surface area contributed by atoms with Crippen LogP contribution in [0, 0.1) is 11.8 Å². The van der Waals surface area contributed by atoms with Crippen LogP contribution in [-0.4, -0.2) is 39.8 Å². The number of nitrogens with zero attached hydrogens (tertiary/aromatic N) is 1. The highest BCUT2D eigenvalue weighted by Gasteiger charge is 2.49. The first-order valence-electron chi connectivity index (χ1n) is 11.8. The fourth-order valence-corrected chi connectivity index (χ4v) is 5.29. The number of benzene rings is 2. The summed E-state index contributed by atoms with van der Waals surface area (Å²) in [4.78, 5) is 26.3. The molecule has 0 spiro atoms. The molecule has 8 heteroatoms. The smallest absolute Gasteiger partial charge is 0.412 e. The van der Waals surface area contributed by atoms with Crippen molar-refractivity contribution in [3.63, 3.8) is 0 Å². The molecule has 1 aliphatic heterocycles. The Balaban J connectivity index is 1.82. The number of halogens is 1. The maximum atomic E-state index is 13.4. The van der Waals surface area contributed by atoms with Crippen LogP contribution in [0.2, 0.25) is 0 Å². The van der Waals surface area contributed by atoms with Gasteiger partial charge in [0.05, 0.1) is 11.1 Å². The van der Waals surface area contributed by atoms with Gasteiger partial charge in [0.15, 0.2) is 0 Å². The standard InChI is InChI=1S/C28H34IN3O4/c1-25(2,31-23(30)33)16-15-20-11-13-21(14-12-20)27(5,29)32-18-17-28(36-24(32)34,19-26(3,4)35)22-9-7-6-8-10-22/h6-14,35H,17-19H2,1-5H3,(H3,30,31,33)/t27-,28?/m1/s1. The molecule has 3 amide bonds. The van der Waals surface area contributed by atoms with E-state index >= 15 is 0 Å². The summed E-state index contributed by atoms with van der Waals surface area (Å²) >= 11 is 2.27. The molecule has 0 saturated carbocycles. The third kappa shape index (κ3) is 6.71. The summed E-state index contributed by atoms with van der Waals surface area (Å²) in [6.07, 6.45) is 0.432. The highest BCUT2D eigenvalue weighted by atomic mass is 127. The van der Waals surface area contributed by atoms with Crippen LogP contribution in [0.25, 0.3) is 0 Å². The zero-order valence-corrected chi connectivity index (χ0v) is 23.5. The summed E-state index contributed by atoms with van der Waals surface area (Å²) in [5.41, 5.74) is 5.13. The summed E-state index contributed by atoms with van der Waals surface area (Å²) in [6, 6.07) is 16.7. The van der Waals surface area contributed by atoms with Gasteiger partial charge in [-0.05, 0) is 80.5 Å². The molecule has 3 rings (SSSR count). The molecule has 1 aliphatic rings. The Bertz CT molecular complexity index is 1160. The van der Waals surface area contributed by atoms with Crippen molar-refractivity contribution in [2.45, 2.75) is 67.7 Å². The second-order valence-electron chi connectivity index (χ2n) is 10.5. The largest absolute Gasteiger partial charge is 0.438 e. The molecule has 1 heterocycles. The number of nitrogens with two attached hydrogens (primary N) is 1. The average Bonchev–Trinajstić information content (AvgIpc) is 2.76. The Kier molecular flexibility index (Phi) is 7.96. The molecule has 2 aromatic carbocycles. The van der Waals surface area contributed by atoms with Gasteiger partial charge < -0.3 is 20.9 Å². The lowest BCUT2D eigenvalue weighted by Crippen LogP contribution is -2.54. The molecule has 4 N–H and O–H groups in total. The van der Waals surface area contributed by atoms with Crippen LogP contribution in [0.4, 0.5) is 9.59 Å². The molecule has 1 unspecified atom stereocenters. The molecule has 0 aromatic heterocycles. The van der Waals surface area contributed by atoms with Crippen molar-refractivity contribution < 1.29 is 19.4 Å². The molecule has 7 nitrogen and oxygen atoms in total. The lowest BCUT2D eigenvalue weighted by molar-refractivity contribution is -0.102. The number of primary amides is 1. The van der Waals surface area contributed by atoms with Crippen molar-refractivity contribution in [2.75, 3.05) is 6.54 Å². The Morgan fingerprint density at radius 1 is 1.14 bits per heavy atom. The molecule has 1 fully saturated rings. The number of nitrogens with one attached hydrogen (secondary N) is 1. The number of amides is 3. The van der Waals surface area contributed by atoms with Crippen molar-refractivity contribution >= 4 is 34.7 Å². The molecule has 2 atom stereocenters. The first-order chi connectivity index (χ1) is 16.6. The van der Waals surface area contributed by atoms with Gasteiger partial charge in [-0.25, -0.2) is 9.59 Å². The highest BCUT2D eigenvalue weighted by Crippen LogP contribution is 2.45. The van der Waals surface area contributed by atoms with Crippen molar-refractivity contribution in [1.82, 2.24) is 10.2 Å². The van der Waals surface area contributed by atoms with E-state index in [-0.39, 0.29) is 0 Å². The molecule has 36 heavy (non-hydrogen) atoms. The monoisotopic (exact) mass is 603 g/mol. The number of carbonyl (C=O) groups excluding carboxylic acids is 2. The lowest BCUT2D eigenvalue weighted by atomic mass is 9.80. The van der Waals surface area contributed by atoms with Gasteiger partial charge in [-0.1, -0.05) is 54.3 Å². The Hall–Kier alpha value is -2.77. The van der Waals surface area contributed by atoms with Gasteiger partial charge >= 0.3 is 12.1 Å². The summed E-state index contributed by atoms with van der Waals surface area (Å²) in [6.45, 7) is 9.46. The van der Waals surface area contributed by atoms with E-state index in [9.17, 15) is 14.7 Å². The van der Waals surface area contributed by atoms with E-state index < -0.39 is 32.4 Å². The van der Waals surface area contributed by atoms with Gasteiger partial charge in [0.1, 0.15) is 9.15 Å². The topological polar surface area (TPSA) is 105 Å². The van der Waals surface area contributed by atoms with Crippen LogP contribution in [0.1, 0.15) is 64.2 Å². The molecular weight excluding hydrogens is 569 g/mol. The fraction of sp³-hybridized carbons (Fsp3) is 0.429. The number of aliphatic hydroxyl groups is 1. The summed E-state index contributed by atoms with van der Waals surface area (Å²) in [5, 5.41) is 13.2. The number of cyclic esters (lactones) is 1. The normalized spacial score (nSPS) is 20.0. The molecular formula is C28H34IN3O4. The summed E-state index contributed by atoms with van der Waals surface area (Å²) in [5.74, 6) is 6.07. The van der Waals surface area contributed by atoms with E-state index in [1.54, 1.807) is 32.6 Å². The fourth-order valence-electron chi connectivity index (χ4n) is 4.49. The molecule has 0 aliphatic carbocycles. The van der Waals surface area contributed by atoms with E-state index in [4.69, 9.17) is 10.5 Å². The quantitative estimate of drug-likeness (QED) is 0.187. The molecule has 0 bridgehead atoms. The van der Waals surface area contributed by atoms with Gasteiger partial charge in [-0.3, -0.25) is 4.90 Å². The predicted molar refractivity (Wildman–Crippen MR) is 148 cm³/mol. The zero-order valence-electron chi connectivity index (χ0n) is 21.4. The van der Waals surface area contributed by atoms with Crippen LogP contribution in [0.15, 0.2) is 54.6 Å². The van der Waals surface area contributed by atoms with E-state index in [0.29, 0.717) is 19.4 Å². The maximum absolute atomic E-state index is 13.4. The Morgan fingerprint density at radius 2 is 1.75 bits per heavy atom. The van der Waals surface area contributed by atoms with Crippen molar-refractivity contribution in [2.24, 2.45) is 5.73 Å². The number of ether oxygens (including phenoxy) is 1. The number of urea groups is 1. The second kappa shape index (κ2) is 10.3. The second-order valence-corrected chi connectivity index (χ2v) is 12.6. The molecule has 1 saturated heterocycles. The van der Waals surface area contributed by atoms with E-state index in [0.717, 1.165) is 16.7 Å². The molecule has 2 aromatic rings. The SMILES string of the molecule is CC(C)(O)CC1(c2ccccc2)CCN([C@@](C)(I)c2ccc(C#CC(C)(C)NC(N)=O)cc2)C(=O)O1. The lowest BCUT2D eigenvalue weighted by Gasteiger charge is -2.47. The van der Waals surface area contributed by atoms with Gasteiger partial charge in [-0.15, -0.1) is 0 Å². The van der Waals surface area contributed by atoms with Gasteiger partial charge in [0.25, 0.3) is 0 Å². The highest BCUT2D eigenvalue weighted by molar-refractivity contribution is 14.1. The number of alkyl halides is 1. The number of carbonyl (C=O) groups is 2. The minimum atomic E-state index is -1.01. The number of hydrogen-bond acceptors (Lipinski definition) is 4. The van der Waals surface area contributed by atoms with E-state index in [1.165, 1.54) is 0 Å². The minimum Gasteiger partial charge on any atom is -0.438 e. The maximum Gasteiger partial charge on any atom is 0.412 e. The first-order valence-corrected chi connectivity index (χ1v) is 12.9. The van der Waals surface area contributed by atoms with Crippen LogP contribution in [0.3, 0.4) is 0 Å². The van der Waals surface area contributed by atoms with Gasteiger partial charge in [0.2, 0.25) is 0 Å². The van der Waals surface area contributed by atoms with E-state index in [2.05, 4.69) is 39.7 Å². The molecule has 0 radical (unpaired) electrons. The number of rotatable bonds is 6. The van der Waals surface area contributed by atoms with Crippen molar-refractivity contribution in [1.29, 1.82) is 0 Å². The summed E-state index contributed by atoms with van der Waals surface area (Å²) in [7, 11) is 0. The predicted octanol–water partition coefficient (Wildman–Crippen LogP) is 4.99. The van der Waals surface area contributed by atoms with Crippen LogP contribution in [0.5, 0.6) is 0 Å². The van der Waals surface area contributed by atoms with Crippen LogP contribution < -0.4 is 11.1 Å². The zero-order chi connectivity index (χ0) is 26.8. The van der Waals surface area contributed by atoms with Crippen LogP contribution in [-0.2, 0) is 13.9 Å². The van der Waals surface area contributed by atoms with Gasteiger partial charge in [0, 0.05) is 24.9 Å². The third-order valence-electron chi connectivity index (χ3n) is 6.13. The van der Waals surface area contributed by atoms with Gasteiger partial charge in [-0.2, -0.15) is 0 Å². The molecule has 192 valence electrons. The van der Waals surface area contributed by atoms with Crippen molar-refractivity contribution in [3.8, 4) is 11.8 Å². The number of hydrogen-bond donors (Lipinski definition) is 3. The first kappa shape index (κ1) is 27.8. The third-order valence-corrected chi connectivity index (χ3v) is 7.34. The Morgan fingerprint density at radius 3 is 2.28 bits per heavy atom. The van der Waals surface area contributed by atoms with E-state index in [1.807, 2.05) is 61.5 Å². The summed E-state index contributed by atoms with van der Waals surface area (Å²) < 4.78 is 5.48. The minimum absolute atomic E-state index is 0.301. The average molecular weight is 604 g/mol. The Labute approximate surface area is 226 Å².